The fourth-order valence-corrected chi connectivity index (χ4v) is 3.09. The number of rotatable bonds is 11. The second kappa shape index (κ2) is 10.9. The Bertz CT molecular complexity index is 328. The molecular weight excluding hydrogens is 286 g/mol. The van der Waals surface area contributed by atoms with Crippen molar-refractivity contribution >= 4 is 5.96 Å². The van der Waals surface area contributed by atoms with E-state index in [1.165, 1.54) is 12.8 Å². The van der Waals surface area contributed by atoms with Gasteiger partial charge in [0.15, 0.2) is 5.96 Å². The highest BCUT2D eigenvalue weighted by atomic mass is 15.2. The van der Waals surface area contributed by atoms with E-state index in [1.54, 1.807) is 0 Å². The molecule has 0 aromatic rings. The van der Waals surface area contributed by atoms with Gasteiger partial charge in [0.1, 0.15) is 0 Å². The van der Waals surface area contributed by atoms with Crippen LogP contribution in [0.2, 0.25) is 0 Å². The van der Waals surface area contributed by atoms with Crippen molar-refractivity contribution in [1.82, 2.24) is 20.4 Å². The summed E-state index contributed by atoms with van der Waals surface area (Å²) in [5.74, 6) is 0.951. The molecule has 0 aliphatic heterocycles. The van der Waals surface area contributed by atoms with Gasteiger partial charge in [-0.3, -0.25) is 14.8 Å². The van der Waals surface area contributed by atoms with E-state index < -0.39 is 0 Å². The predicted molar refractivity (Wildman–Crippen MR) is 101 cm³/mol. The number of nitrogens with zero attached hydrogens (tertiary/aromatic N) is 3. The molecule has 0 unspecified atom stereocenters. The number of hydrogen-bond acceptors (Lipinski definition) is 3. The molecule has 0 radical (unpaired) electrons. The van der Waals surface area contributed by atoms with Crippen molar-refractivity contribution in [1.29, 1.82) is 0 Å². The van der Waals surface area contributed by atoms with Crippen LogP contribution in [0, 0.1) is 0 Å². The van der Waals surface area contributed by atoms with Crippen LogP contribution in [0.25, 0.3) is 0 Å². The van der Waals surface area contributed by atoms with Gasteiger partial charge < -0.3 is 10.6 Å². The van der Waals surface area contributed by atoms with Crippen LogP contribution in [-0.4, -0.2) is 73.2 Å². The van der Waals surface area contributed by atoms with E-state index in [1.807, 2.05) is 0 Å². The quantitative estimate of drug-likeness (QED) is 0.451. The van der Waals surface area contributed by atoms with Gasteiger partial charge in [-0.25, -0.2) is 0 Å². The predicted octanol–water partition coefficient (Wildman–Crippen LogP) is 2.14. The Hall–Kier alpha value is -0.810. The number of aliphatic imine (C=N–C) groups is 1. The van der Waals surface area contributed by atoms with Crippen molar-refractivity contribution in [2.45, 2.75) is 72.5 Å². The van der Waals surface area contributed by atoms with Crippen LogP contribution in [0.5, 0.6) is 0 Å². The minimum atomic E-state index is 0.567. The first-order valence-electron chi connectivity index (χ1n) is 9.51. The molecule has 0 heterocycles. The molecule has 0 aromatic heterocycles. The van der Waals surface area contributed by atoms with Crippen LogP contribution in [0.4, 0.5) is 0 Å². The molecule has 5 nitrogen and oxygen atoms in total. The van der Waals surface area contributed by atoms with Crippen molar-refractivity contribution in [2.24, 2.45) is 4.99 Å². The maximum Gasteiger partial charge on any atom is 0.191 e. The van der Waals surface area contributed by atoms with E-state index in [2.05, 4.69) is 62.0 Å². The second-order valence-electron chi connectivity index (χ2n) is 6.97. The van der Waals surface area contributed by atoms with E-state index in [0.717, 1.165) is 51.3 Å². The van der Waals surface area contributed by atoms with Gasteiger partial charge in [-0.2, -0.15) is 0 Å². The lowest BCUT2D eigenvalue weighted by molar-refractivity contribution is 0.181. The second-order valence-corrected chi connectivity index (χ2v) is 6.97. The molecule has 0 aromatic carbocycles. The maximum absolute atomic E-state index is 4.74. The third-order valence-electron chi connectivity index (χ3n) is 4.46. The van der Waals surface area contributed by atoms with Crippen LogP contribution >= 0.6 is 0 Å². The van der Waals surface area contributed by atoms with Gasteiger partial charge in [-0.15, -0.1) is 0 Å². The summed E-state index contributed by atoms with van der Waals surface area (Å²) in [5.41, 5.74) is 0. The zero-order valence-corrected chi connectivity index (χ0v) is 16.2. The van der Waals surface area contributed by atoms with Crippen LogP contribution in [0.3, 0.4) is 0 Å². The number of nitrogens with one attached hydrogen (secondary N) is 2. The summed E-state index contributed by atoms with van der Waals surface area (Å²) in [5, 5.41) is 6.83. The Morgan fingerprint density at radius 1 is 1.04 bits per heavy atom. The highest BCUT2D eigenvalue weighted by Gasteiger charge is 2.27. The molecular formula is C18H39N5. The fourth-order valence-electron chi connectivity index (χ4n) is 3.09. The van der Waals surface area contributed by atoms with Gasteiger partial charge in [0, 0.05) is 44.3 Å². The Morgan fingerprint density at radius 2 is 1.70 bits per heavy atom. The molecule has 0 bridgehead atoms. The minimum absolute atomic E-state index is 0.567. The number of guanidine groups is 1. The van der Waals surface area contributed by atoms with Crippen molar-refractivity contribution in [3.8, 4) is 0 Å². The zero-order chi connectivity index (χ0) is 17.2. The number of likely N-dealkylation sites (N-methyl/N-ethyl adjacent to an activating group) is 1. The first-order chi connectivity index (χ1) is 11.0. The average molecular weight is 326 g/mol. The van der Waals surface area contributed by atoms with E-state index in [-0.39, 0.29) is 0 Å². The summed E-state index contributed by atoms with van der Waals surface area (Å²) in [6.07, 6.45) is 2.75. The smallest absolute Gasteiger partial charge is 0.191 e. The summed E-state index contributed by atoms with van der Waals surface area (Å²) in [6, 6.07) is 1.97. The van der Waals surface area contributed by atoms with E-state index in [0.29, 0.717) is 12.1 Å². The summed E-state index contributed by atoms with van der Waals surface area (Å²) in [6.45, 7) is 19.4. The molecule has 136 valence electrons. The van der Waals surface area contributed by atoms with Gasteiger partial charge in [0.2, 0.25) is 0 Å². The molecule has 1 aliphatic rings. The number of hydrogen-bond donors (Lipinski definition) is 2. The molecule has 1 fully saturated rings. The Morgan fingerprint density at radius 3 is 2.17 bits per heavy atom. The minimum Gasteiger partial charge on any atom is -0.357 e. The first-order valence-corrected chi connectivity index (χ1v) is 9.51. The highest BCUT2D eigenvalue weighted by Crippen LogP contribution is 2.25. The highest BCUT2D eigenvalue weighted by molar-refractivity contribution is 5.79. The molecule has 1 saturated carbocycles. The lowest BCUT2D eigenvalue weighted by Crippen LogP contribution is -2.43. The van der Waals surface area contributed by atoms with Gasteiger partial charge in [0.25, 0.3) is 0 Å². The first kappa shape index (κ1) is 20.2. The Kier molecular flexibility index (Phi) is 9.56. The van der Waals surface area contributed by atoms with Crippen LogP contribution in [0.15, 0.2) is 4.99 Å². The molecule has 23 heavy (non-hydrogen) atoms. The summed E-state index contributed by atoms with van der Waals surface area (Å²) < 4.78 is 0. The standard InChI is InChI=1S/C18H39N5/c1-7-19-18(20-11-13-22(8-2)17-9-10-17)21-12-14-23(15(3)4)16(5)6/h15-17H,7-14H2,1-6H3,(H2,19,20,21). The summed E-state index contributed by atoms with van der Waals surface area (Å²) in [7, 11) is 0. The topological polar surface area (TPSA) is 42.9 Å². The normalized spacial score (nSPS) is 16.0. The van der Waals surface area contributed by atoms with Crippen molar-refractivity contribution < 1.29 is 0 Å². The molecule has 0 atom stereocenters. The zero-order valence-electron chi connectivity index (χ0n) is 16.2. The van der Waals surface area contributed by atoms with Crippen molar-refractivity contribution in [3.63, 3.8) is 0 Å². The van der Waals surface area contributed by atoms with Gasteiger partial charge in [-0.05, 0) is 54.0 Å². The molecule has 0 spiro atoms. The van der Waals surface area contributed by atoms with E-state index in [4.69, 9.17) is 4.99 Å². The largest absolute Gasteiger partial charge is 0.357 e. The van der Waals surface area contributed by atoms with Crippen molar-refractivity contribution in [3.05, 3.63) is 0 Å². The van der Waals surface area contributed by atoms with E-state index >= 15 is 0 Å². The van der Waals surface area contributed by atoms with Gasteiger partial charge in [-0.1, -0.05) is 6.92 Å². The third-order valence-corrected chi connectivity index (χ3v) is 4.46. The molecule has 0 saturated heterocycles. The van der Waals surface area contributed by atoms with E-state index in [9.17, 15) is 0 Å². The van der Waals surface area contributed by atoms with Crippen LogP contribution in [0.1, 0.15) is 54.4 Å². The molecule has 1 aliphatic carbocycles. The molecule has 5 heteroatoms. The molecule has 2 N–H and O–H groups in total. The summed E-state index contributed by atoms with van der Waals surface area (Å²) in [4.78, 5) is 9.79. The lowest BCUT2D eigenvalue weighted by Gasteiger charge is -2.29. The van der Waals surface area contributed by atoms with Gasteiger partial charge in [0.05, 0.1) is 6.54 Å². The Balaban J connectivity index is 2.36. The van der Waals surface area contributed by atoms with Crippen molar-refractivity contribution in [2.75, 3.05) is 39.3 Å². The Labute approximate surface area is 143 Å². The maximum atomic E-state index is 4.74. The SMILES string of the molecule is CCNC(=NCCN(C(C)C)C(C)C)NCCN(CC)C1CC1. The average Bonchev–Trinajstić information content (AvgIpc) is 3.31. The third kappa shape index (κ3) is 8.02. The summed E-state index contributed by atoms with van der Waals surface area (Å²) >= 11 is 0. The molecule has 1 rings (SSSR count). The van der Waals surface area contributed by atoms with Crippen LogP contribution in [-0.2, 0) is 0 Å². The molecule has 0 amide bonds. The lowest BCUT2D eigenvalue weighted by atomic mass is 10.2. The monoisotopic (exact) mass is 325 g/mol. The van der Waals surface area contributed by atoms with Crippen LogP contribution < -0.4 is 10.6 Å². The fraction of sp³-hybridized carbons (Fsp3) is 0.944. The van der Waals surface area contributed by atoms with Gasteiger partial charge >= 0.3 is 0 Å².